The van der Waals surface area contributed by atoms with E-state index < -0.39 is 0 Å². The van der Waals surface area contributed by atoms with Crippen LogP contribution in [0.4, 0.5) is 0 Å². The van der Waals surface area contributed by atoms with Crippen LogP contribution in [0.25, 0.3) is 0 Å². The fraction of sp³-hybridized carbons (Fsp3) is 0.143. The third-order valence-electron chi connectivity index (χ3n) is 2.37. The average molecular weight is 182 g/mol. The second-order valence-corrected chi connectivity index (χ2v) is 3.65. The lowest BCUT2D eigenvalue weighted by molar-refractivity contribution is 1.32. The van der Waals surface area contributed by atoms with Crippen LogP contribution in [0.3, 0.4) is 0 Å². The molecule has 0 fully saturated rings. The van der Waals surface area contributed by atoms with Gasteiger partial charge in [-0.25, -0.2) is 0 Å². The van der Waals surface area contributed by atoms with Crippen LogP contribution in [0.2, 0.25) is 0 Å². The molecule has 0 aromatic heterocycles. The number of hydrogen-bond donors (Lipinski definition) is 0. The third-order valence-corrected chi connectivity index (χ3v) is 2.37. The monoisotopic (exact) mass is 182 g/mol. The summed E-state index contributed by atoms with van der Waals surface area (Å²) >= 11 is 0. The van der Waals surface area contributed by atoms with E-state index in [1.165, 1.54) is 23.1 Å². The van der Waals surface area contributed by atoms with Gasteiger partial charge in [-0.1, -0.05) is 60.2 Å². The van der Waals surface area contributed by atoms with E-state index in [1.807, 2.05) is 18.2 Å². The van der Waals surface area contributed by atoms with Gasteiger partial charge in [-0.05, 0) is 24.5 Å². The van der Waals surface area contributed by atoms with Crippen molar-refractivity contribution in [1.29, 1.82) is 0 Å². The van der Waals surface area contributed by atoms with Gasteiger partial charge in [0.25, 0.3) is 0 Å². The highest BCUT2D eigenvalue weighted by Gasteiger charge is 2.07. The lowest BCUT2D eigenvalue weighted by Crippen LogP contribution is -1.62. The Morgan fingerprint density at radius 1 is 0.857 bits per heavy atom. The highest BCUT2D eigenvalue weighted by atomic mass is 14.1. The Labute approximate surface area is 85.3 Å². The number of allylic oxidation sites excluding steroid dienone is 6. The van der Waals surface area contributed by atoms with E-state index in [1.54, 1.807) is 0 Å². The number of benzene rings is 1. The van der Waals surface area contributed by atoms with Crippen molar-refractivity contribution >= 4 is 0 Å². The second kappa shape index (κ2) is 4.10. The molecule has 14 heavy (non-hydrogen) atoms. The Morgan fingerprint density at radius 2 is 1.43 bits per heavy atom. The predicted molar refractivity (Wildman–Crippen MR) is 61.1 cm³/mol. The van der Waals surface area contributed by atoms with Crippen molar-refractivity contribution in [2.24, 2.45) is 0 Å². The van der Waals surface area contributed by atoms with Gasteiger partial charge in [0.2, 0.25) is 0 Å². The first-order valence-corrected chi connectivity index (χ1v) is 4.94. The molecular weight excluding hydrogens is 168 g/mol. The molecule has 2 aliphatic carbocycles. The van der Waals surface area contributed by atoms with Gasteiger partial charge in [0.1, 0.15) is 0 Å². The lowest BCUT2D eigenvalue weighted by atomic mass is 10.2. The number of fused-ring (bicyclic) bond motifs is 2. The lowest BCUT2D eigenvalue weighted by Gasteiger charge is -1.82. The molecule has 1 aromatic carbocycles. The zero-order valence-corrected chi connectivity index (χ0v) is 8.40. The Morgan fingerprint density at radius 3 is 1.64 bits per heavy atom. The molecule has 0 unspecified atom stereocenters. The molecule has 0 radical (unpaired) electrons. The van der Waals surface area contributed by atoms with Gasteiger partial charge in [-0.15, -0.1) is 0 Å². The summed E-state index contributed by atoms with van der Waals surface area (Å²) in [5, 5.41) is 0. The van der Waals surface area contributed by atoms with Crippen LogP contribution in [-0.2, 0) is 0 Å². The van der Waals surface area contributed by atoms with Crippen LogP contribution in [-0.4, -0.2) is 0 Å². The van der Waals surface area contributed by atoms with Gasteiger partial charge < -0.3 is 0 Å². The molecule has 0 spiro atoms. The van der Waals surface area contributed by atoms with Crippen LogP contribution in [0.5, 0.6) is 0 Å². The number of rotatable bonds is 0. The van der Waals surface area contributed by atoms with E-state index in [0.29, 0.717) is 0 Å². The standard InChI is InChI=1S/C7H6.C7H8/c1-2-7-4-3-6(1)5-7;1-7-5-3-2-4-6-7/h1-4H,5H2;2-6H,1H3. The minimum Gasteiger partial charge on any atom is -0.0622 e. The molecule has 0 heteroatoms. The fourth-order valence-electron chi connectivity index (χ4n) is 1.55. The SMILES string of the molecule is C1=CC2=CC=C1C2.Cc1ccccc1. The topological polar surface area (TPSA) is 0 Å². The Balaban J connectivity index is 0.000000107. The quantitative estimate of drug-likeness (QED) is 0.572. The molecule has 1 aromatic rings. The van der Waals surface area contributed by atoms with Crippen molar-refractivity contribution in [3.63, 3.8) is 0 Å². The second-order valence-electron chi connectivity index (χ2n) is 3.65. The van der Waals surface area contributed by atoms with E-state index >= 15 is 0 Å². The number of aryl methyl sites for hydroxylation is 1. The molecule has 0 N–H and O–H groups in total. The zero-order chi connectivity index (χ0) is 9.80. The molecule has 0 atom stereocenters. The van der Waals surface area contributed by atoms with E-state index in [4.69, 9.17) is 0 Å². The van der Waals surface area contributed by atoms with Crippen molar-refractivity contribution in [2.45, 2.75) is 13.3 Å². The molecule has 0 saturated carbocycles. The predicted octanol–water partition coefficient (Wildman–Crippen LogP) is 3.81. The molecular formula is C14H14. The van der Waals surface area contributed by atoms with Gasteiger partial charge in [0.15, 0.2) is 0 Å². The summed E-state index contributed by atoms with van der Waals surface area (Å²) in [6, 6.07) is 10.3. The molecule has 0 aliphatic heterocycles. The summed E-state index contributed by atoms with van der Waals surface area (Å²) in [5.41, 5.74) is 4.26. The zero-order valence-electron chi connectivity index (χ0n) is 8.40. The van der Waals surface area contributed by atoms with E-state index in [-0.39, 0.29) is 0 Å². The van der Waals surface area contributed by atoms with E-state index in [0.717, 1.165) is 0 Å². The van der Waals surface area contributed by atoms with Gasteiger partial charge in [-0.3, -0.25) is 0 Å². The Kier molecular flexibility index (Phi) is 2.64. The van der Waals surface area contributed by atoms with Crippen LogP contribution in [0, 0.1) is 6.92 Å². The van der Waals surface area contributed by atoms with Crippen LogP contribution >= 0.6 is 0 Å². The summed E-state index contributed by atoms with van der Waals surface area (Å²) in [5.74, 6) is 0. The Bertz CT molecular complexity index is 371. The van der Waals surface area contributed by atoms with Crippen LogP contribution in [0.15, 0.2) is 65.8 Å². The molecule has 0 heterocycles. The smallest absolute Gasteiger partial charge is 0.00258 e. The molecule has 70 valence electrons. The first-order chi connectivity index (χ1) is 6.84. The first kappa shape index (κ1) is 9.01. The normalized spacial score (nSPS) is 15.8. The highest BCUT2D eigenvalue weighted by Crippen LogP contribution is 2.27. The Hall–Kier alpha value is -1.56. The minimum absolute atomic E-state index is 1.19. The van der Waals surface area contributed by atoms with Gasteiger partial charge >= 0.3 is 0 Å². The summed E-state index contributed by atoms with van der Waals surface area (Å²) in [6.07, 6.45) is 9.90. The van der Waals surface area contributed by atoms with Gasteiger partial charge in [-0.2, -0.15) is 0 Å². The van der Waals surface area contributed by atoms with Crippen molar-refractivity contribution in [2.75, 3.05) is 0 Å². The van der Waals surface area contributed by atoms with Crippen LogP contribution < -0.4 is 0 Å². The van der Waals surface area contributed by atoms with E-state index in [2.05, 4.69) is 43.4 Å². The molecule has 0 nitrogen and oxygen atoms in total. The number of hydrogen-bond acceptors (Lipinski definition) is 0. The van der Waals surface area contributed by atoms with Crippen LogP contribution in [0.1, 0.15) is 12.0 Å². The largest absolute Gasteiger partial charge is 0.0622 e. The molecule has 3 rings (SSSR count). The average Bonchev–Trinajstić information content (AvgIpc) is 2.83. The van der Waals surface area contributed by atoms with Crippen molar-refractivity contribution in [3.8, 4) is 0 Å². The van der Waals surface area contributed by atoms with Crippen molar-refractivity contribution in [1.82, 2.24) is 0 Å². The van der Waals surface area contributed by atoms with Crippen molar-refractivity contribution < 1.29 is 0 Å². The maximum Gasteiger partial charge on any atom is -0.00258 e. The van der Waals surface area contributed by atoms with E-state index in [9.17, 15) is 0 Å². The van der Waals surface area contributed by atoms with Gasteiger partial charge in [0, 0.05) is 0 Å². The maximum atomic E-state index is 2.18. The molecule has 2 aliphatic rings. The maximum absolute atomic E-state index is 2.18. The third kappa shape index (κ3) is 2.23. The summed E-state index contributed by atoms with van der Waals surface area (Å²) in [4.78, 5) is 0. The van der Waals surface area contributed by atoms with Gasteiger partial charge in [0.05, 0.1) is 0 Å². The summed E-state index contributed by atoms with van der Waals surface area (Å²) in [7, 11) is 0. The molecule has 2 bridgehead atoms. The molecule has 0 saturated heterocycles. The summed E-state index contributed by atoms with van der Waals surface area (Å²) < 4.78 is 0. The first-order valence-electron chi connectivity index (χ1n) is 4.94. The summed E-state index contributed by atoms with van der Waals surface area (Å²) in [6.45, 7) is 2.08. The fourth-order valence-corrected chi connectivity index (χ4v) is 1.55. The molecule has 0 amide bonds. The minimum atomic E-state index is 1.19. The highest BCUT2D eigenvalue weighted by molar-refractivity contribution is 5.49. The van der Waals surface area contributed by atoms with Crippen molar-refractivity contribution in [3.05, 3.63) is 71.3 Å².